The summed E-state index contributed by atoms with van der Waals surface area (Å²) in [5.74, 6) is -0.920. The van der Waals surface area contributed by atoms with Crippen LogP contribution in [0.2, 0.25) is 0 Å². The fourth-order valence-electron chi connectivity index (χ4n) is 1.91. The van der Waals surface area contributed by atoms with Gasteiger partial charge in [0.2, 0.25) is 0 Å². The Morgan fingerprint density at radius 1 is 1.44 bits per heavy atom. The summed E-state index contributed by atoms with van der Waals surface area (Å²) in [7, 11) is 0. The molecule has 0 fully saturated rings. The van der Waals surface area contributed by atoms with E-state index < -0.39 is 11.5 Å². The first-order valence-electron chi connectivity index (χ1n) is 5.69. The standard InChI is InChI=1S/C13H15N3O2/c1-10-5-3-4-6-11(10)9-13(2,12(17)18)16-8-7-14-15-16/h3-8H,9H2,1-2H3,(H,17,18). The molecule has 94 valence electrons. The number of benzene rings is 1. The molecule has 18 heavy (non-hydrogen) atoms. The van der Waals surface area contributed by atoms with E-state index in [2.05, 4.69) is 10.3 Å². The molecule has 0 radical (unpaired) electrons. The van der Waals surface area contributed by atoms with E-state index in [9.17, 15) is 9.90 Å². The van der Waals surface area contributed by atoms with Crippen molar-refractivity contribution in [3.8, 4) is 0 Å². The molecular weight excluding hydrogens is 230 g/mol. The Labute approximate surface area is 105 Å². The summed E-state index contributed by atoms with van der Waals surface area (Å²) in [6.45, 7) is 3.62. The summed E-state index contributed by atoms with van der Waals surface area (Å²) in [5.41, 5.74) is 0.950. The third-order valence-electron chi connectivity index (χ3n) is 3.18. The highest BCUT2D eigenvalue weighted by atomic mass is 16.4. The average molecular weight is 245 g/mol. The van der Waals surface area contributed by atoms with E-state index in [0.717, 1.165) is 11.1 Å². The van der Waals surface area contributed by atoms with Gasteiger partial charge in [-0.1, -0.05) is 29.5 Å². The molecular formula is C13H15N3O2. The van der Waals surface area contributed by atoms with Crippen LogP contribution in [0.5, 0.6) is 0 Å². The van der Waals surface area contributed by atoms with Crippen molar-refractivity contribution in [2.45, 2.75) is 25.8 Å². The lowest BCUT2D eigenvalue weighted by molar-refractivity contribution is -0.147. The number of carbonyl (C=O) groups is 1. The molecule has 1 unspecified atom stereocenters. The Kier molecular flexibility index (Phi) is 3.14. The normalized spacial score (nSPS) is 14.1. The SMILES string of the molecule is Cc1ccccc1CC(C)(C(=O)O)n1ccnn1. The Bertz CT molecular complexity index is 551. The minimum Gasteiger partial charge on any atom is -0.479 e. The molecule has 1 aromatic heterocycles. The number of rotatable bonds is 4. The second kappa shape index (κ2) is 4.60. The van der Waals surface area contributed by atoms with Crippen LogP contribution in [0.25, 0.3) is 0 Å². The molecule has 0 aliphatic carbocycles. The van der Waals surface area contributed by atoms with E-state index in [4.69, 9.17) is 0 Å². The van der Waals surface area contributed by atoms with Crippen LogP contribution in [-0.4, -0.2) is 26.1 Å². The fraction of sp³-hybridized carbons (Fsp3) is 0.308. The number of carboxylic acid groups (broad SMARTS) is 1. The third kappa shape index (κ3) is 2.11. The highest BCUT2D eigenvalue weighted by Gasteiger charge is 2.36. The summed E-state index contributed by atoms with van der Waals surface area (Å²) in [4.78, 5) is 11.5. The van der Waals surface area contributed by atoms with Gasteiger partial charge in [-0.15, -0.1) is 5.10 Å². The van der Waals surface area contributed by atoms with Crippen LogP contribution in [0.1, 0.15) is 18.1 Å². The number of aromatic nitrogens is 3. The second-order valence-electron chi connectivity index (χ2n) is 4.53. The molecule has 2 rings (SSSR count). The van der Waals surface area contributed by atoms with Crippen molar-refractivity contribution in [2.75, 3.05) is 0 Å². The van der Waals surface area contributed by atoms with Crippen molar-refractivity contribution in [3.05, 3.63) is 47.8 Å². The van der Waals surface area contributed by atoms with Gasteiger partial charge in [0.1, 0.15) is 0 Å². The first-order valence-corrected chi connectivity index (χ1v) is 5.69. The van der Waals surface area contributed by atoms with Crippen LogP contribution in [-0.2, 0) is 16.8 Å². The van der Waals surface area contributed by atoms with E-state index in [1.807, 2.05) is 31.2 Å². The molecule has 0 aliphatic rings. The molecule has 0 spiro atoms. The minimum absolute atomic E-state index is 0.373. The molecule has 1 heterocycles. The molecule has 0 bridgehead atoms. The van der Waals surface area contributed by atoms with E-state index in [1.165, 1.54) is 10.9 Å². The fourth-order valence-corrected chi connectivity index (χ4v) is 1.91. The average Bonchev–Trinajstić information content (AvgIpc) is 2.86. The monoisotopic (exact) mass is 245 g/mol. The Morgan fingerprint density at radius 2 is 2.17 bits per heavy atom. The summed E-state index contributed by atoms with van der Waals surface area (Å²) in [6, 6.07) is 7.75. The van der Waals surface area contributed by atoms with Gasteiger partial charge in [-0.25, -0.2) is 9.48 Å². The van der Waals surface area contributed by atoms with Gasteiger partial charge in [0.05, 0.1) is 6.20 Å². The molecule has 5 nitrogen and oxygen atoms in total. The van der Waals surface area contributed by atoms with Gasteiger partial charge < -0.3 is 5.11 Å². The van der Waals surface area contributed by atoms with Crippen LogP contribution in [0.3, 0.4) is 0 Å². The molecule has 2 aromatic rings. The van der Waals surface area contributed by atoms with Gasteiger partial charge in [0, 0.05) is 12.6 Å². The van der Waals surface area contributed by atoms with E-state index in [0.29, 0.717) is 6.42 Å². The predicted molar refractivity (Wildman–Crippen MR) is 66.2 cm³/mol. The van der Waals surface area contributed by atoms with Crippen LogP contribution >= 0.6 is 0 Å². The Morgan fingerprint density at radius 3 is 2.72 bits per heavy atom. The first-order chi connectivity index (χ1) is 8.54. The van der Waals surface area contributed by atoms with Gasteiger partial charge in [0.25, 0.3) is 0 Å². The summed E-state index contributed by atoms with van der Waals surface area (Å²) < 4.78 is 1.39. The number of hydrogen-bond acceptors (Lipinski definition) is 3. The van der Waals surface area contributed by atoms with Crippen molar-refractivity contribution in [3.63, 3.8) is 0 Å². The smallest absolute Gasteiger partial charge is 0.331 e. The summed E-state index contributed by atoms with van der Waals surface area (Å²) in [6.07, 6.45) is 3.43. The van der Waals surface area contributed by atoms with Crippen LogP contribution in [0.4, 0.5) is 0 Å². The van der Waals surface area contributed by atoms with Gasteiger partial charge >= 0.3 is 5.97 Å². The van der Waals surface area contributed by atoms with Crippen molar-refractivity contribution < 1.29 is 9.90 Å². The largest absolute Gasteiger partial charge is 0.479 e. The van der Waals surface area contributed by atoms with Gasteiger partial charge in [-0.2, -0.15) is 0 Å². The maximum absolute atomic E-state index is 11.5. The molecule has 1 aromatic carbocycles. The van der Waals surface area contributed by atoms with Crippen LogP contribution in [0.15, 0.2) is 36.7 Å². The molecule has 0 saturated heterocycles. The molecule has 0 amide bonds. The van der Waals surface area contributed by atoms with Gasteiger partial charge in [-0.05, 0) is 25.0 Å². The van der Waals surface area contributed by atoms with E-state index in [1.54, 1.807) is 13.1 Å². The zero-order chi connectivity index (χ0) is 13.2. The van der Waals surface area contributed by atoms with Crippen LogP contribution < -0.4 is 0 Å². The summed E-state index contributed by atoms with van der Waals surface area (Å²) in [5, 5.41) is 17.0. The van der Waals surface area contributed by atoms with E-state index in [-0.39, 0.29) is 0 Å². The number of nitrogens with zero attached hydrogens (tertiary/aromatic N) is 3. The van der Waals surface area contributed by atoms with Crippen LogP contribution in [0, 0.1) is 6.92 Å². The lowest BCUT2D eigenvalue weighted by Gasteiger charge is -2.25. The quantitative estimate of drug-likeness (QED) is 0.889. The lowest BCUT2D eigenvalue weighted by atomic mass is 9.91. The number of aliphatic carboxylic acids is 1. The Balaban J connectivity index is 2.39. The van der Waals surface area contributed by atoms with E-state index >= 15 is 0 Å². The Hall–Kier alpha value is -2.17. The maximum atomic E-state index is 11.5. The van der Waals surface area contributed by atoms with Gasteiger partial charge in [-0.3, -0.25) is 0 Å². The first kappa shape index (κ1) is 12.3. The highest BCUT2D eigenvalue weighted by Crippen LogP contribution is 2.23. The van der Waals surface area contributed by atoms with Gasteiger partial charge in [0.15, 0.2) is 5.54 Å². The second-order valence-corrected chi connectivity index (χ2v) is 4.53. The molecule has 1 atom stereocenters. The topological polar surface area (TPSA) is 68.0 Å². The zero-order valence-electron chi connectivity index (χ0n) is 10.4. The van der Waals surface area contributed by atoms with Crippen molar-refractivity contribution in [1.29, 1.82) is 0 Å². The maximum Gasteiger partial charge on any atom is 0.331 e. The highest BCUT2D eigenvalue weighted by molar-refractivity contribution is 5.76. The third-order valence-corrected chi connectivity index (χ3v) is 3.18. The number of aryl methyl sites for hydroxylation is 1. The van der Waals surface area contributed by atoms with Crippen molar-refractivity contribution >= 4 is 5.97 Å². The van der Waals surface area contributed by atoms with Crippen molar-refractivity contribution in [1.82, 2.24) is 15.0 Å². The predicted octanol–water partition coefficient (Wildman–Crippen LogP) is 1.63. The molecule has 0 saturated carbocycles. The number of carboxylic acids is 1. The molecule has 0 aliphatic heterocycles. The lowest BCUT2D eigenvalue weighted by Crippen LogP contribution is -2.41. The molecule has 5 heteroatoms. The number of hydrogen-bond donors (Lipinski definition) is 1. The zero-order valence-corrected chi connectivity index (χ0v) is 10.4. The van der Waals surface area contributed by atoms with Crippen molar-refractivity contribution in [2.24, 2.45) is 0 Å². The molecule has 1 N–H and O–H groups in total. The summed E-state index contributed by atoms with van der Waals surface area (Å²) >= 11 is 0. The minimum atomic E-state index is -1.12.